The Labute approximate surface area is 136 Å². The molecule has 0 saturated heterocycles. The molecule has 1 unspecified atom stereocenters. The van der Waals surface area contributed by atoms with E-state index in [-0.39, 0.29) is 27.9 Å². The van der Waals surface area contributed by atoms with E-state index in [9.17, 15) is 14.0 Å². The highest BCUT2D eigenvalue weighted by molar-refractivity contribution is 6.35. The van der Waals surface area contributed by atoms with Crippen LogP contribution in [-0.2, 0) is 6.42 Å². The predicted octanol–water partition coefficient (Wildman–Crippen LogP) is 3.60. The van der Waals surface area contributed by atoms with Crippen molar-refractivity contribution in [1.82, 2.24) is 0 Å². The van der Waals surface area contributed by atoms with Gasteiger partial charge in [0.15, 0.2) is 0 Å². The summed E-state index contributed by atoms with van der Waals surface area (Å²) in [5, 5.41) is 0.141. The lowest BCUT2D eigenvalue weighted by molar-refractivity contribution is 0.0924. The summed E-state index contributed by atoms with van der Waals surface area (Å²) in [6.45, 7) is 1.82. The number of hydrogen-bond acceptors (Lipinski definition) is 3. The van der Waals surface area contributed by atoms with Crippen molar-refractivity contribution in [3.63, 3.8) is 0 Å². The van der Waals surface area contributed by atoms with Gasteiger partial charge in [-0.3, -0.25) is 9.59 Å². The zero-order valence-corrected chi connectivity index (χ0v) is 12.9. The number of benzene rings is 2. The highest BCUT2D eigenvalue weighted by Gasteiger charge is 2.41. The van der Waals surface area contributed by atoms with Crippen LogP contribution in [0.2, 0.25) is 5.02 Å². The first-order chi connectivity index (χ1) is 11.0. The highest BCUT2D eigenvalue weighted by atomic mass is 35.5. The smallest absolute Gasteiger partial charge is 0.266 e. The number of halogens is 2. The third kappa shape index (κ3) is 1.90. The van der Waals surface area contributed by atoms with Gasteiger partial charge in [-0.25, -0.2) is 9.29 Å². The molecule has 116 valence electrons. The van der Waals surface area contributed by atoms with Crippen molar-refractivity contribution >= 4 is 29.1 Å². The second-order valence-corrected chi connectivity index (χ2v) is 6.03. The van der Waals surface area contributed by atoms with Crippen LogP contribution in [0.3, 0.4) is 0 Å². The van der Waals surface area contributed by atoms with Crippen LogP contribution in [0.1, 0.15) is 33.2 Å². The van der Waals surface area contributed by atoms with E-state index in [4.69, 9.17) is 16.3 Å². The molecule has 2 aromatic carbocycles. The van der Waals surface area contributed by atoms with Gasteiger partial charge in [-0.2, -0.15) is 0 Å². The number of rotatable bonds is 1. The first kappa shape index (κ1) is 14.2. The monoisotopic (exact) mass is 331 g/mol. The molecule has 1 atom stereocenters. The minimum atomic E-state index is -0.707. The second-order valence-electron chi connectivity index (χ2n) is 5.62. The summed E-state index contributed by atoms with van der Waals surface area (Å²) in [4.78, 5) is 26.1. The quantitative estimate of drug-likeness (QED) is 0.750. The maximum Gasteiger partial charge on any atom is 0.266 e. The van der Waals surface area contributed by atoms with Crippen LogP contribution in [0.5, 0.6) is 5.75 Å². The lowest BCUT2D eigenvalue weighted by Gasteiger charge is -2.18. The maximum atomic E-state index is 14.6. The van der Waals surface area contributed by atoms with Crippen molar-refractivity contribution in [2.24, 2.45) is 0 Å². The molecule has 6 heteroatoms. The van der Waals surface area contributed by atoms with E-state index in [2.05, 4.69) is 0 Å². The average Bonchev–Trinajstić information content (AvgIpc) is 3.02. The number of imide groups is 1. The molecule has 0 N–H and O–H groups in total. The van der Waals surface area contributed by atoms with Crippen molar-refractivity contribution in [3.05, 3.63) is 57.9 Å². The first-order valence-corrected chi connectivity index (χ1v) is 7.52. The van der Waals surface area contributed by atoms with Gasteiger partial charge in [0.2, 0.25) is 0 Å². The van der Waals surface area contributed by atoms with Gasteiger partial charge < -0.3 is 4.74 Å². The van der Waals surface area contributed by atoms with Crippen LogP contribution >= 0.6 is 11.6 Å². The van der Waals surface area contributed by atoms with Gasteiger partial charge in [-0.15, -0.1) is 0 Å². The van der Waals surface area contributed by atoms with Gasteiger partial charge in [-0.1, -0.05) is 23.7 Å². The zero-order valence-electron chi connectivity index (χ0n) is 12.1. The third-order valence-corrected chi connectivity index (χ3v) is 4.37. The van der Waals surface area contributed by atoms with E-state index < -0.39 is 17.6 Å². The predicted molar refractivity (Wildman–Crippen MR) is 82.8 cm³/mol. The van der Waals surface area contributed by atoms with Crippen LogP contribution < -0.4 is 9.64 Å². The molecule has 0 spiro atoms. The lowest BCUT2D eigenvalue weighted by atomic mass is 10.1. The van der Waals surface area contributed by atoms with E-state index in [0.29, 0.717) is 17.7 Å². The summed E-state index contributed by atoms with van der Waals surface area (Å²) in [6, 6.07) is 7.53. The fourth-order valence-electron chi connectivity index (χ4n) is 3.12. The molecule has 2 heterocycles. The molecule has 0 fully saturated rings. The summed E-state index contributed by atoms with van der Waals surface area (Å²) in [5.74, 6) is -1.43. The Hall–Kier alpha value is -2.40. The normalized spacial score (nSPS) is 18.9. The van der Waals surface area contributed by atoms with Gasteiger partial charge in [0, 0.05) is 12.0 Å². The van der Waals surface area contributed by atoms with Crippen LogP contribution in [0.4, 0.5) is 10.1 Å². The number of amides is 2. The first-order valence-electron chi connectivity index (χ1n) is 7.14. The van der Waals surface area contributed by atoms with Gasteiger partial charge in [0.25, 0.3) is 11.8 Å². The molecule has 0 aliphatic carbocycles. The second kappa shape index (κ2) is 4.80. The summed E-state index contributed by atoms with van der Waals surface area (Å²) in [7, 11) is 0. The van der Waals surface area contributed by atoms with Gasteiger partial charge in [0.1, 0.15) is 17.7 Å². The molecule has 0 saturated carbocycles. The van der Waals surface area contributed by atoms with E-state index in [1.807, 2.05) is 6.92 Å². The molecular formula is C17H11ClFNO3. The fourth-order valence-corrected chi connectivity index (χ4v) is 3.38. The summed E-state index contributed by atoms with van der Waals surface area (Å²) >= 11 is 6.03. The topological polar surface area (TPSA) is 46.6 Å². The number of hydrogen-bond donors (Lipinski definition) is 0. The molecule has 0 aromatic heterocycles. The van der Waals surface area contributed by atoms with Crippen molar-refractivity contribution in [1.29, 1.82) is 0 Å². The van der Waals surface area contributed by atoms with Gasteiger partial charge in [-0.05, 0) is 25.1 Å². The van der Waals surface area contributed by atoms with Crippen molar-refractivity contribution in [3.8, 4) is 5.75 Å². The number of nitrogens with zero attached hydrogens (tertiary/aromatic N) is 1. The van der Waals surface area contributed by atoms with Crippen LogP contribution in [0, 0.1) is 5.82 Å². The van der Waals surface area contributed by atoms with Gasteiger partial charge in [0.05, 0.1) is 21.8 Å². The molecule has 0 radical (unpaired) electrons. The molecule has 2 amide bonds. The molecule has 2 aliphatic rings. The Morgan fingerprint density at radius 3 is 2.43 bits per heavy atom. The Morgan fingerprint density at radius 1 is 1.22 bits per heavy atom. The molecule has 2 aliphatic heterocycles. The third-order valence-electron chi connectivity index (χ3n) is 4.08. The summed E-state index contributed by atoms with van der Waals surface area (Å²) < 4.78 is 20.2. The Morgan fingerprint density at radius 2 is 1.83 bits per heavy atom. The van der Waals surface area contributed by atoms with E-state index in [1.165, 1.54) is 0 Å². The number of anilines is 1. The fraction of sp³-hybridized carbons (Fsp3) is 0.176. The Kier molecular flexibility index (Phi) is 2.96. The minimum absolute atomic E-state index is 0.0556. The van der Waals surface area contributed by atoms with Crippen molar-refractivity contribution < 1.29 is 18.7 Å². The van der Waals surface area contributed by atoms with Crippen LogP contribution in [-0.4, -0.2) is 17.9 Å². The minimum Gasteiger partial charge on any atom is -0.488 e. The molecule has 0 bridgehead atoms. The van der Waals surface area contributed by atoms with Crippen LogP contribution in [0.25, 0.3) is 0 Å². The number of ether oxygens (including phenoxy) is 1. The average molecular weight is 332 g/mol. The Bertz CT molecular complexity index is 845. The highest BCUT2D eigenvalue weighted by Crippen LogP contribution is 2.45. The molecule has 23 heavy (non-hydrogen) atoms. The number of fused-ring (bicyclic) bond motifs is 2. The van der Waals surface area contributed by atoms with E-state index in [1.54, 1.807) is 24.3 Å². The lowest BCUT2D eigenvalue weighted by Crippen LogP contribution is -2.31. The molecule has 4 rings (SSSR count). The Balaban J connectivity index is 1.93. The van der Waals surface area contributed by atoms with E-state index in [0.717, 1.165) is 11.0 Å². The summed E-state index contributed by atoms with van der Waals surface area (Å²) in [6.07, 6.45) is 0.188. The van der Waals surface area contributed by atoms with Gasteiger partial charge >= 0.3 is 0 Å². The zero-order chi connectivity index (χ0) is 16.3. The largest absolute Gasteiger partial charge is 0.488 e. The standard InChI is InChI=1S/C17H11ClFNO3/c1-8-6-11-14(13(19)7-12(18)15(11)23-8)20-16(21)9-4-2-3-5-10(9)17(20)22/h2-5,7-8H,6H2,1H3. The maximum absolute atomic E-state index is 14.6. The molecule has 2 aromatic rings. The number of carbonyl (C=O) groups excluding carboxylic acids is 2. The van der Waals surface area contributed by atoms with Crippen molar-refractivity contribution in [2.45, 2.75) is 19.4 Å². The molecular weight excluding hydrogens is 321 g/mol. The molecule has 4 nitrogen and oxygen atoms in total. The SMILES string of the molecule is CC1Cc2c(c(Cl)cc(F)c2N2C(=O)c3ccccc3C2=O)O1. The van der Waals surface area contributed by atoms with Crippen LogP contribution in [0.15, 0.2) is 30.3 Å². The van der Waals surface area contributed by atoms with Crippen molar-refractivity contribution in [2.75, 3.05) is 4.90 Å². The summed E-state index contributed by atoms with van der Waals surface area (Å²) in [5.41, 5.74) is 0.942. The number of carbonyl (C=O) groups is 2. The van der Waals surface area contributed by atoms with E-state index >= 15 is 0 Å².